The fraction of sp³-hybridized carbons (Fsp3) is 0.500. The zero-order valence-electron chi connectivity index (χ0n) is 10.6. The average Bonchev–Trinajstić information content (AvgIpc) is 2.35. The Hall–Kier alpha value is -1.03. The number of aryl methyl sites for hydroxylation is 1. The molecule has 1 atom stereocenters. The maximum atomic E-state index is 11.8. The molecule has 1 aromatic carbocycles. The zero-order valence-corrected chi connectivity index (χ0v) is 12.2. The van der Waals surface area contributed by atoms with Crippen molar-refractivity contribution in [3.8, 4) is 5.75 Å². The molecule has 0 aromatic heterocycles. The van der Waals surface area contributed by atoms with Crippen molar-refractivity contribution in [3.05, 3.63) is 28.2 Å². The van der Waals surface area contributed by atoms with E-state index in [4.69, 9.17) is 9.47 Å². The molecule has 0 N–H and O–H groups in total. The van der Waals surface area contributed by atoms with Gasteiger partial charge in [0.2, 0.25) is 0 Å². The number of esters is 1. The fourth-order valence-corrected chi connectivity index (χ4v) is 2.27. The lowest BCUT2D eigenvalue weighted by Gasteiger charge is -2.25. The first kappa shape index (κ1) is 13.4. The van der Waals surface area contributed by atoms with Gasteiger partial charge in [-0.25, -0.2) is 4.79 Å². The Morgan fingerprint density at radius 2 is 2.33 bits per heavy atom. The molecule has 3 nitrogen and oxygen atoms in total. The summed E-state index contributed by atoms with van der Waals surface area (Å²) >= 11 is 3.43. The van der Waals surface area contributed by atoms with E-state index in [2.05, 4.69) is 15.9 Å². The molecule has 1 aliphatic heterocycles. The Balaban J connectivity index is 1.99. The molecule has 0 amide bonds. The van der Waals surface area contributed by atoms with Crippen LogP contribution in [0.5, 0.6) is 5.75 Å². The minimum absolute atomic E-state index is 0.253. The summed E-state index contributed by atoms with van der Waals surface area (Å²) < 4.78 is 11.9. The summed E-state index contributed by atoms with van der Waals surface area (Å²) in [4.78, 5) is 11.8. The van der Waals surface area contributed by atoms with Gasteiger partial charge in [0, 0.05) is 4.47 Å². The van der Waals surface area contributed by atoms with E-state index in [9.17, 15) is 4.79 Å². The van der Waals surface area contributed by atoms with Gasteiger partial charge in [-0.05, 0) is 42.5 Å². The van der Waals surface area contributed by atoms with E-state index in [0.717, 1.165) is 22.2 Å². The van der Waals surface area contributed by atoms with E-state index >= 15 is 0 Å². The smallest absolute Gasteiger partial charge is 0.347 e. The van der Waals surface area contributed by atoms with Gasteiger partial charge in [0.25, 0.3) is 0 Å². The molecule has 0 spiro atoms. The predicted molar refractivity (Wildman–Crippen MR) is 72.7 cm³/mol. The molecule has 1 heterocycles. The first-order valence-corrected chi connectivity index (χ1v) is 6.97. The summed E-state index contributed by atoms with van der Waals surface area (Å²) in [6, 6.07) is 5.84. The highest BCUT2D eigenvalue weighted by molar-refractivity contribution is 9.10. The van der Waals surface area contributed by atoms with E-state index in [-0.39, 0.29) is 5.97 Å². The van der Waals surface area contributed by atoms with Crippen LogP contribution in [0.4, 0.5) is 0 Å². The minimum atomic E-state index is -0.461. The van der Waals surface area contributed by atoms with Gasteiger partial charge in [-0.3, -0.25) is 0 Å². The molecule has 2 rings (SSSR count). The molecule has 0 unspecified atom stereocenters. The highest BCUT2D eigenvalue weighted by Gasteiger charge is 2.27. The van der Waals surface area contributed by atoms with Gasteiger partial charge in [0.1, 0.15) is 5.75 Å². The Morgan fingerprint density at radius 3 is 3.06 bits per heavy atom. The number of hydrogen-bond acceptors (Lipinski definition) is 3. The number of rotatable bonds is 3. The number of ether oxygens (including phenoxy) is 2. The van der Waals surface area contributed by atoms with Crippen LogP contribution in [0.1, 0.15) is 25.8 Å². The molecule has 0 saturated heterocycles. The van der Waals surface area contributed by atoms with Crippen molar-refractivity contribution < 1.29 is 14.3 Å². The van der Waals surface area contributed by atoms with Crippen LogP contribution in [0.3, 0.4) is 0 Å². The van der Waals surface area contributed by atoms with E-state index in [1.807, 2.05) is 32.0 Å². The number of benzene rings is 1. The Labute approximate surface area is 116 Å². The van der Waals surface area contributed by atoms with Crippen molar-refractivity contribution in [1.82, 2.24) is 0 Å². The summed E-state index contributed by atoms with van der Waals surface area (Å²) in [5.41, 5.74) is 1.14. The molecule has 4 heteroatoms. The lowest BCUT2D eigenvalue weighted by Crippen LogP contribution is -2.33. The Kier molecular flexibility index (Phi) is 4.27. The molecule has 0 radical (unpaired) electrons. The van der Waals surface area contributed by atoms with Crippen molar-refractivity contribution >= 4 is 21.9 Å². The van der Waals surface area contributed by atoms with Crippen LogP contribution in [0, 0.1) is 5.92 Å². The number of halogens is 1. The minimum Gasteiger partial charge on any atom is -0.478 e. The molecule has 0 aliphatic carbocycles. The molecule has 1 aliphatic rings. The lowest BCUT2D eigenvalue weighted by atomic mass is 10.0. The molecular formula is C14H17BrO3. The Morgan fingerprint density at radius 1 is 1.56 bits per heavy atom. The van der Waals surface area contributed by atoms with Crippen molar-refractivity contribution in [2.45, 2.75) is 32.8 Å². The van der Waals surface area contributed by atoms with Crippen LogP contribution in [-0.2, 0) is 16.0 Å². The van der Waals surface area contributed by atoms with Crippen molar-refractivity contribution in [1.29, 1.82) is 0 Å². The lowest BCUT2D eigenvalue weighted by molar-refractivity contribution is -0.153. The van der Waals surface area contributed by atoms with Crippen molar-refractivity contribution in [2.75, 3.05) is 6.61 Å². The standard InChI is InChI=1S/C14H17BrO3/c1-9(2)8-17-14(16)13-5-3-10-7-11(15)4-6-12(10)18-13/h4,6-7,9,13H,3,5,8H2,1-2H3/t13-/m1/s1. The first-order valence-electron chi connectivity index (χ1n) is 6.18. The SMILES string of the molecule is CC(C)COC(=O)[C@H]1CCc2cc(Br)ccc2O1. The second-order valence-corrected chi connectivity index (χ2v) is 5.84. The highest BCUT2D eigenvalue weighted by atomic mass is 79.9. The molecule has 1 aromatic rings. The second-order valence-electron chi connectivity index (χ2n) is 4.92. The molecule has 0 bridgehead atoms. The van der Waals surface area contributed by atoms with Crippen LogP contribution < -0.4 is 4.74 Å². The van der Waals surface area contributed by atoms with Crippen molar-refractivity contribution in [2.24, 2.45) is 5.92 Å². The third-order valence-electron chi connectivity index (χ3n) is 2.79. The number of hydrogen-bond donors (Lipinski definition) is 0. The number of fused-ring (bicyclic) bond motifs is 1. The summed E-state index contributed by atoms with van der Waals surface area (Å²) in [6.07, 6.45) is 1.06. The normalized spacial score (nSPS) is 18.1. The maximum Gasteiger partial charge on any atom is 0.347 e. The molecular weight excluding hydrogens is 296 g/mol. The molecule has 0 saturated carbocycles. The van der Waals surface area contributed by atoms with Gasteiger partial charge in [0.15, 0.2) is 6.10 Å². The maximum absolute atomic E-state index is 11.8. The van der Waals surface area contributed by atoms with Crippen LogP contribution in [0.2, 0.25) is 0 Å². The number of carbonyl (C=O) groups is 1. The highest BCUT2D eigenvalue weighted by Crippen LogP contribution is 2.30. The molecule has 98 valence electrons. The largest absolute Gasteiger partial charge is 0.478 e. The zero-order chi connectivity index (χ0) is 13.1. The van der Waals surface area contributed by atoms with Gasteiger partial charge in [-0.2, -0.15) is 0 Å². The van der Waals surface area contributed by atoms with E-state index < -0.39 is 6.10 Å². The van der Waals surface area contributed by atoms with Crippen LogP contribution in [0.15, 0.2) is 22.7 Å². The predicted octanol–water partition coefficient (Wildman–Crippen LogP) is 3.34. The van der Waals surface area contributed by atoms with E-state index in [1.54, 1.807) is 0 Å². The average molecular weight is 313 g/mol. The third kappa shape index (κ3) is 3.25. The second kappa shape index (κ2) is 5.74. The molecule has 18 heavy (non-hydrogen) atoms. The number of carbonyl (C=O) groups excluding carboxylic acids is 1. The summed E-state index contributed by atoms with van der Waals surface area (Å²) in [6.45, 7) is 4.48. The van der Waals surface area contributed by atoms with Crippen LogP contribution in [-0.4, -0.2) is 18.7 Å². The van der Waals surface area contributed by atoms with Gasteiger partial charge < -0.3 is 9.47 Å². The van der Waals surface area contributed by atoms with Gasteiger partial charge >= 0.3 is 5.97 Å². The van der Waals surface area contributed by atoms with E-state index in [0.29, 0.717) is 18.9 Å². The van der Waals surface area contributed by atoms with Crippen molar-refractivity contribution in [3.63, 3.8) is 0 Å². The van der Waals surface area contributed by atoms with Gasteiger partial charge in [-0.15, -0.1) is 0 Å². The first-order chi connectivity index (χ1) is 8.56. The molecule has 0 fully saturated rings. The third-order valence-corrected chi connectivity index (χ3v) is 3.28. The van der Waals surface area contributed by atoms with Crippen LogP contribution >= 0.6 is 15.9 Å². The Bertz CT molecular complexity index is 443. The van der Waals surface area contributed by atoms with E-state index in [1.165, 1.54) is 0 Å². The quantitative estimate of drug-likeness (QED) is 0.803. The summed E-state index contributed by atoms with van der Waals surface area (Å²) in [5, 5.41) is 0. The fourth-order valence-electron chi connectivity index (χ4n) is 1.86. The van der Waals surface area contributed by atoms with Gasteiger partial charge in [-0.1, -0.05) is 29.8 Å². The monoisotopic (exact) mass is 312 g/mol. The van der Waals surface area contributed by atoms with Gasteiger partial charge in [0.05, 0.1) is 6.61 Å². The topological polar surface area (TPSA) is 35.5 Å². The van der Waals surface area contributed by atoms with Crippen LogP contribution in [0.25, 0.3) is 0 Å². The summed E-state index contributed by atoms with van der Waals surface area (Å²) in [7, 11) is 0. The summed E-state index contributed by atoms with van der Waals surface area (Å²) in [5.74, 6) is 0.883.